The molecule has 2 nitrogen and oxygen atoms in total. The van der Waals surface area contributed by atoms with Gasteiger partial charge >= 0.3 is 0 Å². The molecule has 21 heavy (non-hydrogen) atoms. The van der Waals surface area contributed by atoms with E-state index in [1.165, 1.54) is 31.4 Å². The topological polar surface area (TPSA) is 15.3 Å². The molecule has 1 aliphatic rings. The van der Waals surface area contributed by atoms with Crippen LogP contribution in [0, 0.1) is 11.7 Å². The molecular formula is C17H26ClFN2. The highest BCUT2D eigenvalue weighted by Gasteiger charge is 2.30. The van der Waals surface area contributed by atoms with Crippen molar-refractivity contribution < 1.29 is 4.39 Å². The summed E-state index contributed by atoms with van der Waals surface area (Å²) in [5, 5.41) is 4.09. The first-order valence-electron chi connectivity index (χ1n) is 7.99. The van der Waals surface area contributed by atoms with Crippen molar-refractivity contribution >= 4 is 11.6 Å². The second-order valence-corrected chi connectivity index (χ2v) is 6.46. The van der Waals surface area contributed by atoms with Gasteiger partial charge in [0, 0.05) is 11.1 Å². The van der Waals surface area contributed by atoms with Gasteiger partial charge in [0.05, 0.1) is 0 Å². The summed E-state index contributed by atoms with van der Waals surface area (Å²) in [7, 11) is 2.16. The van der Waals surface area contributed by atoms with Crippen molar-refractivity contribution in [1.29, 1.82) is 0 Å². The minimum Gasteiger partial charge on any atom is -0.316 e. The van der Waals surface area contributed by atoms with E-state index in [0.717, 1.165) is 31.6 Å². The van der Waals surface area contributed by atoms with Crippen LogP contribution < -0.4 is 5.32 Å². The maximum absolute atomic E-state index is 13.3. The predicted molar refractivity (Wildman–Crippen MR) is 87.3 cm³/mol. The van der Waals surface area contributed by atoms with Crippen molar-refractivity contribution in [3.63, 3.8) is 0 Å². The van der Waals surface area contributed by atoms with E-state index in [4.69, 9.17) is 11.6 Å². The summed E-state index contributed by atoms with van der Waals surface area (Å²) in [6.07, 6.45) is 4.80. The van der Waals surface area contributed by atoms with Gasteiger partial charge in [-0.05, 0) is 69.6 Å². The molecule has 1 aliphatic heterocycles. The van der Waals surface area contributed by atoms with Crippen LogP contribution in [0.3, 0.4) is 0 Å². The van der Waals surface area contributed by atoms with Gasteiger partial charge in [-0.25, -0.2) is 4.39 Å². The van der Waals surface area contributed by atoms with Gasteiger partial charge < -0.3 is 5.32 Å². The highest BCUT2D eigenvalue weighted by atomic mass is 35.5. The van der Waals surface area contributed by atoms with Crippen LogP contribution in [0.4, 0.5) is 4.39 Å². The standard InChI is InChI=1S/C17H26ClFN2/c1-3-9-20-12-13-6-4-5-10-21(2)17(13)15-8-7-14(19)11-16(15)18/h7-8,11,13,17,20H,3-6,9-10,12H2,1-2H3. The van der Waals surface area contributed by atoms with Gasteiger partial charge in [-0.3, -0.25) is 4.90 Å². The summed E-state index contributed by atoms with van der Waals surface area (Å²) in [6, 6.07) is 5.09. The van der Waals surface area contributed by atoms with Crippen molar-refractivity contribution in [2.45, 2.75) is 38.6 Å². The molecule has 0 aromatic heterocycles. The molecule has 118 valence electrons. The van der Waals surface area contributed by atoms with Crippen molar-refractivity contribution in [3.8, 4) is 0 Å². The zero-order valence-corrected chi connectivity index (χ0v) is 13.8. The van der Waals surface area contributed by atoms with Gasteiger partial charge in [-0.15, -0.1) is 0 Å². The maximum Gasteiger partial charge on any atom is 0.124 e. The smallest absolute Gasteiger partial charge is 0.124 e. The van der Waals surface area contributed by atoms with Gasteiger partial charge in [0.15, 0.2) is 0 Å². The number of likely N-dealkylation sites (tertiary alicyclic amines) is 1. The second-order valence-electron chi connectivity index (χ2n) is 6.05. The molecule has 1 heterocycles. The summed E-state index contributed by atoms with van der Waals surface area (Å²) >= 11 is 6.32. The zero-order valence-electron chi connectivity index (χ0n) is 13.0. The van der Waals surface area contributed by atoms with Crippen LogP contribution in [0.2, 0.25) is 5.02 Å². The Bertz CT molecular complexity index is 452. The molecular weight excluding hydrogens is 287 g/mol. The molecule has 0 radical (unpaired) electrons. The average molecular weight is 313 g/mol. The van der Waals surface area contributed by atoms with Gasteiger partial charge in [-0.2, -0.15) is 0 Å². The number of nitrogens with one attached hydrogen (secondary N) is 1. The largest absolute Gasteiger partial charge is 0.316 e. The second kappa shape index (κ2) is 8.11. The number of halogens is 2. The van der Waals surface area contributed by atoms with Crippen molar-refractivity contribution in [3.05, 3.63) is 34.6 Å². The van der Waals surface area contributed by atoms with Crippen molar-refractivity contribution in [1.82, 2.24) is 10.2 Å². The van der Waals surface area contributed by atoms with E-state index in [1.54, 1.807) is 0 Å². The van der Waals surface area contributed by atoms with Crippen LogP contribution in [0.25, 0.3) is 0 Å². The number of hydrogen-bond donors (Lipinski definition) is 1. The fourth-order valence-electron chi connectivity index (χ4n) is 3.34. The summed E-state index contributed by atoms with van der Waals surface area (Å²) in [5.41, 5.74) is 1.06. The molecule has 1 fully saturated rings. The number of hydrogen-bond acceptors (Lipinski definition) is 2. The molecule has 2 unspecified atom stereocenters. The number of rotatable bonds is 5. The molecule has 0 saturated carbocycles. The van der Waals surface area contributed by atoms with E-state index in [9.17, 15) is 4.39 Å². The lowest BCUT2D eigenvalue weighted by Crippen LogP contribution is -2.35. The Labute approximate surface area is 132 Å². The molecule has 2 atom stereocenters. The Morgan fingerprint density at radius 2 is 2.19 bits per heavy atom. The Kier molecular flexibility index (Phi) is 6.46. The quantitative estimate of drug-likeness (QED) is 0.818. The SMILES string of the molecule is CCCNCC1CCCCN(C)C1c1ccc(F)cc1Cl. The first-order valence-corrected chi connectivity index (χ1v) is 8.37. The molecule has 2 rings (SSSR count). The van der Waals surface area contributed by atoms with Crippen LogP contribution in [0.15, 0.2) is 18.2 Å². The maximum atomic E-state index is 13.3. The van der Waals surface area contributed by atoms with Gasteiger partial charge in [0.1, 0.15) is 5.82 Å². The van der Waals surface area contributed by atoms with Crippen molar-refractivity contribution in [2.24, 2.45) is 5.92 Å². The average Bonchev–Trinajstić information content (AvgIpc) is 2.62. The molecule has 0 bridgehead atoms. The highest BCUT2D eigenvalue weighted by Crippen LogP contribution is 2.37. The number of nitrogens with zero attached hydrogens (tertiary/aromatic N) is 1. The normalized spacial score (nSPS) is 24.0. The summed E-state index contributed by atoms with van der Waals surface area (Å²) in [6.45, 7) is 5.30. The first-order chi connectivity index (χ1) is 10.1. The predicted octanol–water partition coefficient (Wildman–Crippen LogP) is 4.25. The third kappa shape index (κ3) is 4.41. The Balaban J connectivity index is 2.23. The van der Waals surface area contributed by atoms with Gasteiger partial charge in [0.25, 0.3) is 0 Å². The molecule has 1 N–H and O–H groups in total. The minimum absolute atomic E-state index is 0.263. The van der Waals surface area contributed by atoms with Crippen LogP contribution in [-0.2, 0) is 0 Å². The molecule has 0 aliphatic carbocycles. The molecule has 1 aromatic carbocycles. The lowest BCUT2D eigenvalue weighted by molar-refractivity contribution is 0.189. The van der Waals surface area contributed by atoms with E-state index in [0.29, 0.717) is 10.9 Å². The van der Waals surface area contributed by atoms with E-state index < -0.39 is 0 Å². The summed E-state index contributed by atoms with van der Waals surface area (Å²) in [4.78, 5) is 2.38. The third-order valence-corrected chi connectivity index (χ3v) is 4.70. The molecule has 1 saturated heterocycles. The molecule has 4 heteroatoms. The Hall–Kier alpha value is -0.640. The van der Waals surface area contributed by atoms with Crippen LogP contribution in [0.1, 0.15) is 44.2 Å². The fourth-order valence-corrected chi connectivity index (χ4v) is 3.61. The first kappa shape index (κ1) is 16.7. The fraction of sp³-hybridized carbons (Fsp3) is 0.647. The third-order valence-electron chi connectivity index (χ3n) is 4.37. The molecule has 0 spiro atoms. The van der Waals surface area contributed by atoms with Crippen molar-refractivity contribution in [2.75, 3.05) is 26.7 Å². The highest BCUT2D eigenvalue weighted by molar-refractivity contribution is 6.31. The minimum atomic E-state index is -0.263. The Morgan fingerprint density at radius 1 is 1.38 bits per heavy atom. The summed E-state index contributed by atoms with van der Waals surface area (Å²) in [5.74, 6) is 0.257. The summed E-state index contributed by atoms with van der Waals surface area (Å²) < 4.78 is 13.3. The van der Waals surface area contributed by atoms with Crippen LogP contribution in [0.5, 0.6) is 0 Å². The lowest BCUT2D eigenvalue weighted by atomic mass is 9.89. The molecule has 0 amide bonds. The lowest BCUT2D eigenvalue weighted by Gasteiger charge is -2.33. The van der Waals surface area contributed by atoms with E-state index in [1.807, 2.05) is 6.07 Å². The van der Waals surface area contributed by atoms with E-state index in [2.05, 4.69) is 24.2 Å². The van der Waals surface area contributed by atoms with E-state index in [-0.39, 0.29) is 11.9 Å². The van der Waals surface area contributed by atoms with Gasteiger partial charge in [-0.1, -0.05) is 31.0 Å². The number of benzene rings is 1. The van der Waals surface area contributed by atoms with Crippen LogP contribution in [-0.4, -0.2) is 31.6 Å². The molecule has 1 aromatic rings. The van der Waals surface area contributed by atoms with Crippen LogP contribution >= 0.6 is 11.6 Å². The van der Waals surface area contributed by atoms with E-state index >= 15 is 0 Å². The Morgan fingerprint density at radius 3 is 2.90 bits per heavy atom. The van der Waals surface area contributed by atoms with Gasteiger partial charge in [0.2, 0.25) is 0 Å². The monoisotopic (exact) mass is 312 g/mol. The zero-order chi connectivity index (χ0) is 15.2.